The summed E-state index contributed by atoms with van der Waals surface area (Å²) in [6, 6.07) is 23.6. The molecular weight excluding hydrogens is 436 g/mol. The van der Waals surface area contributed by atoms with Crippen LogP contribution in [0.25, 0.3) is 10.9 Å². The van der Waals surface area contributed by atoms with Crippen molar-refractivity contribution in [3.63, 3.8) is 0 Å². The van der Waals surface area contributed by atoms with Gasteiger partial charge in [-0.05, 0) is 42.3 Å². The number of rotatable bonds is 7. The van der Waals surface area contributed by atoms with Gasteiger partial charge in [0, 0.05) is 40.3 Å². The number of halogens is 1. The molecule has 33 heavy (non-hydrogen) atoms. The van der Waals surface area contributed by atoms with Gasteiger partial charge in [0.1, 0.15) is 6.04 Å². The van der Waals surface area contributed by atoms with E-state index < -0.39 is 12.1 Å². The van der Waals surface area contributed by atoms with E-state index in [9.17, 15) is 9.59 Å². The Balaban J connectivity index is 1.47. The van der Waals surface area contributed by atoms with Crippen LogP contribution in [-0.4, -0.2) is 29.5 Å². The van der Waals surface area contributed by atoms with Crippen molar-refractivity contribution < 1.29 is 9.59 Å². The predicted octanol–water partition coefficient (Wildman–Crippen LogP) is 5.28. The van der Waals surface area contributed by atoms with E-state index in [1.165, 1.54) is 0 Å². The van der Waals surface area contributed by atoms with Gasteiger partial charge in [0.05, 0.1) is 0 Å². The molecule has 3 aromatic carbocycles. The SMILES string of the molecule is C[C@H](NC(=O)Nc1ccccc1)C(=O)NC[C@H](c1ccccc1Cl)c1c[nH]c2ccccc12. The Labute approximate surface area is 197 Å². The van der Waals surface area contributed by atoms with E-state index in [1.807, 2.05) is 72.9 Å². The van der Waals surface area contributed by atoms with Gasteiger partial charge in [-0.1, -0.05) is 66.2 Å². The van der Waals surface area contributed by atoms with Crippen LogP contribution in [0.15, 0.2) is 85.1 Å². The summed E-state index contributed by atoms with van der Waals surface area (Å²) in [4.78, 5) is 28.3. The van der Waals surface area contributed by atoms with Crippen molar-refractivity contribution in [1.82, 2.24) is 15.6 Å². The third-order valence-corrected chi connectivity index (χ3v) is 5.87. The minimum Gasteiger partial charge on any atom is -0.361 e. The van der Waals surface area contributed by atoms with Crippen molar-refractivity contribution in [3.8, 4) is 0 Å². The number of urea groups is 1. The van der Waals surface area contributed by atoms with E-state index in [0.717, 1.165) is 22.0 Å². The van der Waals surface area contributed by atoms with Crippen molar-refractivity contribution >= 4 is 40.1 Å². The molecule has 2 atom stereocenters. The first-order chi connectivity index (χ1) is 16.0. The smallest absolute Gasteiger partial charge is 0.319 e. The highest BCUT2D eigenvalue weighted by Crippen LogP contribution is 2.34. The second-order valence-electron chi connectivity index (χ2n) is 7.80. The van der Waals surface area contributed by atoms with Crippen LogP contribution in [-0.2, 0) is 4.79 Å². The lowest BCUT2D eigenvalue weighted by atomic mass is 9.90. The molecule has 0 radical (unpaired) electrons. The molecule has 1 aromatic heterocycles. The fraction of sp³-hybridized carbons (Fsp3) is 0.154. The number of para-hydroxylation sites is 2. The van der Waals surface area contributed by atoms with Gasteiger partial charge in [-0.2, -0.15) is 0 Å². The predicted molar refractivity (Wildman–Crippen MR) is 133 cm³/mol. The molecular formula is C26H25ClN4O2. The maximum absolute atomic E-state index is 12.8. The van der Waals surface area contributed by atoms with E-state index in [-0.39, 0.29) is 11.8 Å². The Bertz CT molecular complexity index is 1260. The highest BCUT2D eigenvalue weighted by Gasteiger charge is 2.23. The molecule has 1 heterocycles. The minimum atomic E-state index is -0.719. The van der Waals surface area contributed by atoms with Gasteiger partial charge in [-0.15, -0.1) is 0 Å². The lowest BCUT2D eigenvalue weighted by Crippen LogP contribution is -2.47. The maximum Gasteiger partial charge on any atom is 0.319 e. The van der Waals surface area contributed by atoms with Crippen LogP contribution in [0.1, 0.15) is 24.0 Å². The first-order valence-corrected chi connectivity index (χ1v) is 11.1. The van der Waals surface area contributed by atoms with Crippen molar-refractivity contribution in [2.45, 2.75) is 18.9 Å². The van der Waals surface area contributed by atoms with Gasteiger partial charge in [0.25, 0.3) is 0 Å². The number of carbonyl (C=O) groups is 2. The molecule has 6 nitrogen and oxygen atoms in total. The Morgan fingerprint density at radius 3 is 2.39 bits per heavy atom. The Hall–Kier alpha value is -3.77. The second kappa shape index (κ2) is 10.2. The highest BCUT2D eigenvalue weighted by atomic mass is 35.5. The first kappa shape index (κ1) is 22.4. The molecule has 0 aliphatic heterocycles. The van der Waals surface area contributed by atoms with Gasteiger partial charge in [0.2, 0.25) is 5.91 Å². The zero-order valence-electron chi connectivity index (χ0n) is 18.1. The number of H-pyrrole nitrogens is 1. The van der Waals surface area contributed by atoms with E-state index in [2.05, 4.69) is 20.9 Å². The molecule has 0 aliphatic carbocycles. The van der Waals surface area contributed by atoms with E-state index >= 15 is 0 Å². The number of amides is 3. The molecule has 4 rings (SSSR count). The molecule has 0 saturated carbocycles. The lowest BCUT2D eigenvalue weighted by molar-refractivity contribution is -0.122. The normalized spacial score (nSPS) is 12.7. The molecule has 3 amide bonds. The van der Waals surface area contributed by atoms with Crippen molar-refractivity contribution in [1.29, 1.82) is 0 Å². The van der Waals surface area contributed by atoms with E-state index in [0.29, 0.717) is 17.3 Å². The lowest BCUT2D eigenvalue weighted by Gasteiger charge is -2.21. The monoisotopic (exact) mass is 460 g/mol. The van der Waals surface area contributed by atoms with Crippen LogP contribution in [0.5, 0.6) is 0 Å². The number of fused-ring (bicyclic) bond motifs is 1. The average Bonchev–Trinajstić information content (AvgIpc) is 3.25. The molecule has 0 fully saturated rings. The summed E-state index contributed by atoms with van der Waals surface area (Å²) in [7, 11) is 0. The highest BCUT2D eigenvalue weighted by molar-refractivity contribution is 6.31. The number of hydrogen-bond acceptors (Lipinski definition) is 2. The summed E-state index contributed by atoms with van der Waals surface area (Å²) in [5.74, 6) is -0.445. The maximum atomic E-state index is 12.8. The van der Waals surface area contributed by atoms with Crippen molar-refractivity contribution in [2.75, 3.05) is 11.9 Å². The summed E-state index contributed by atoms with van der Waals surface area (Å²) in [5, 5.41) is 10.1. The number of benzene rings is 3. The van der Waals surface area contributed by atoms with Crippen LogP contribution in [0.2, 0.25) is 5.02 Å². The fourth-order valence-corrected chi connectivity index (χ4v) is 4.10. The van der Waals surface area contributed by atoms with Gasteiger partial charge in [0.15, 0.2) is 0 Å². The molecule has 0 aliphatic rings. The topological polar surface area (TPSA) is 86.0 Å². The number of aromatic nitrogens is 1. The van der Waals surface area contributed by atoms with Gasteiger partial charge < -0.3 is 20.9 Å². The molecule has 4 N–H and O–H groups in total. The average molecular weight is 461 g/mol. The van der Waals surface area contributed by atoms with Crippen molar-refractivity contribution in [3.05, 3.63) is 101 Å². The summed E-state index contributed by atoms with van der Waals surface area (Å²) in [6.45, 7) is 1.98. The fourth-order valence-electron chi connectivity index (χ4n) is 3.83. The van der Waals surface area contributed by atoms with E-state index in [4.69, 9.17) is 11.6 Å². The van der Waals surface area contributed by atoms with Crippen LogP contribution < -0.4 is 16.0 Å². The first-order valence-electron chi connectivity index (χ1n) is 10.7. The molecule has 0 bridgehead atoms. The Morgan fingerprint density at radius 2 is 1.61 bits per heavy atom. The molecule has 0 unspecified atom stereocenters. The Morgan fingerprint density at radius 1 is 0.909 bits per heavy atom. The third-order valence-electron chi connectivity index (χ3n) is 5.53. The molecule has 4 aromatic rings. The quantitative estimate of drug-likeness (QED) is 0.302. The molecule has 0 saturated heterocycles. The summed E-state index contributed by atoms with van der Waals surface area (Å²) >= 11 is 6.52. The standard InChI is InChI=1S/C26H25ClN4O2/c1-17(30-26(33)31-18-9-3-2-4-10-18)25(32)29-16-21(19-11-5-7-13-23(19)27)22-15-28-24-14-8-6-12-20(22)24/h2-15,17,21,28H,16H2,1H3,(H,29,32)(H2,30,31,33)/t17-,21+/m0/s1. The number of hydrogen-bond donors (Lipinski definition) is 4. The summed E-state index contributed by atoms with van der Waals surface area (Å²) in [6.07, 6.45) is 1.96. The van der Waals surface area contributed by atoms with Gasteiger partial charge in [-0.3, -0.25) is 4.79 Å². The summed E-state index contributed by atoms with van der Waals surface area (Å²) < 4.78 is 0. The third kappa shape index (κ3) is 5.35. The number of nitrogens with one attached hydrogen (secondary N) is 4. The molecule has 7 heteroatoms. The van der Waals surface area contributed by atoms with Gasteiger partial charge in [-0.25, -0.2) is 4.79 Å². The van der Waals surface area contributed by atoms with Crippen LogP contribution in [0, 0.1) is 0 Å². The van der Waals surface area contributed by atoms with E-state index in [1.54, 1.807) is 19.1 Å². The second-order valence-corrected chi connectivity index (χ2v) is 8.20. The number of aromatic amines is 1. The number of carbonyl (C=O) groups excluding carboxylic acids is 2. The van der Waals surface area contributed by atoms with Crippen LogP contribution in [0.4, 0.5) is 10.5 Å². The van der Waals surface area contributed by atoms with Crippen LogP contribution in [0.3, 0.4) is 0 Å². The zero-order valence-corrected chi connectivity index (χ0v) is 18.9. The Kier molecular flexibility index (Phi) is 6.95. The zero-order chi connectivity index (χ0) is 23.2. The van der Waals surface area contributed by atoms with Crippen LogP contribution >= 0.6 is 11.6 Å². The largest absolute Gasteiger partial charge is 0.361 e. The number of anilines is 1. The molecule has 168 valence electrons. The summed E-state index contributed by atoms with van der Waals surface area (Å²) in [5.41, 5.74) is 3.64. The van der Waals surface area contributed by atoms with Gasteiger partial charge >= 0.3 is 6.03 Å². The minimum absolute atomic E-state index is 0.163. The molecule has 0 spiro atoms. The van der Waals surface area contributed by atoms with Crippen molar-refractivity contribution in [2.24, 2.45) is 0 Å².